The fraction of sp³-hybridized carbons (Fsp3) is 0.588. The quantitative estimate of drug-likeness (QED) is 0.500. The van der Waals surface area contributed by atoms with Gasteiger partial charge in [0.05, 0.1) is 13.0 Å². The van der Waals surface area contributed by atoms with Crippen LogP contribution in [0.2, 0.25) is 0 Å². The predicted molar refractivity (Wildman–Crippen MR) is 98.8 cm³/mol. The van der Waals surface area contributed by atoms with E-state index in [1.54, 1.807) is 27.7 Å². The first kappa shape index (κ1) is 22.9. The zero-order valence-electron chi connectivity index (χ0n) is 16.4. The van der Waals surface area contributed by atoms with Gasteiger partial charge in [-0.15, -0.1) is 0 Å². The van der Waals surface area contributed by atoms with Crippen LogP contribution in [0.3, 0.4) is 0 Å². The van der Waals surface area contributed by atoms with Crippen molar-refractivity contribution < 1.29 is 23.9 Å². The maximum Gasteiger partial charge on any atom is 0.407 e. The van der Waals surface area contributed by atoms with Crippen molar-refractivity contribution in [2.75, 3.05) is 26.2 Å². The van der Waals surface area contributed by atoms with E-state index in [0.717, 1.165) is 11.1 Å². The second-order valence-electron chi connectivity index (χ2n) is 6.82. The Bertz CT molecular complexity index is 807. The Morgan fingerprint density at radius 1 is 1.21 bits per heavy atom. The van der Waals surface area contributed by atoms with Crippen LogP contribution >= 0.6 is 0 Å². The molecule has 1 rings (SSSR count). The number of amides is 2. The van der Waals surface area contributed by atoms with Crippen LogP contribution in [0.15, 0.2) is 15.8 Å². The molecule has 0 spiro atoms. The SMILES string of the molecule is CCOC(=O)CN(CCNC(=O)OC(C)(C)C)C(=O)Cc1c[nH]c(=O)[nH]c1=O. The summed E-state index contributed by atoms with van der Waals surface area (Å²) in [7, 11) is 0. The average Bonchev–Trinajstić information content (AvgIpc) is 2.55. The largest absolute Gasteiger partial charge is 0.465 e. The van der Waals surface area contributed by atoms with Crippen molar-refractivity contribution in [1.82, 2.24) is 20.2 Å². The molecule has 1 aromatic rings. The molecule has 0 aliphatic carbocycles. The third-order valence-corrected chi connectivity index (χ3v) is 3.27. The lowest BCUT2D eigenvalue weighted by Gasteiger charge is -2.23. The van der Waals surface area contributed by atoms with E-state index in [-0.39, 0.29) is 38.2 Å². The Morgan fingerprint density at radius 3 is 2.46 bits per heavy atom. The molecule has 1 aromatic heterocycles. The highest BCUT2D eigenvalue weighted by Gasteiger charge is 2.21. The van der Waals surface area contributed by atoms with Crippen LogP contribution in [0, 0.1) is 0 Å². The van der Waals surface area contributed by atoms with Gasteiger partial charge in [0, 0.05) is 24.8 Å². The maximum atomic E-state index is 12.5. The Hall–Kier alpha value is -3.11. The Labute approximate surface area is 161 Å². The molecule has 0 radical (unpaired) electrons. The molecule has 3 N–H and O–H groups in total. The summed E-state index contributed by atoms with van der Waals surface area (Å²) in [4.78, 5) is 64.2. The molecule has 0 fully saturated rings. The van der Waals surface area contributed by atoms with Crippen LogP contribution in [0.1, 0.15) is 33.3 Å². The fourth-order valence-corrected chi connectivity index (χ4v) is 2.11. The van der Waals surface area contributed by atoms with Gasteiger partial charge >= 0.3 is 17.8 Å². The minimum absolute atomic E-state index is 0.00184. The number of H-pyrrole nitrogens is 2. The molecule has 2 amide bonds. The molecule has 11 heteroatoms. The molecule has 11 nitrogen and oxygen atoms in total. The van der Waals surface area contributed by atoms with Gasteiger partial charge in [-0.25, -0.2) is 9.59 Å². The molecular weight excluding hydrogens is 372 g/mol. The smallest absolute Gasteiger partial charge is 0.407 e. The fourth-order valence-electron chi connectivity index (χ4n) is 2.11. The van der Waals surface area contributed by atoms with Crippen LogP contribution in [0.4, 0.5) is 4.79 Å². The second-order valence-corrected chi connectivity index (χ2v) is 6.82. The highest BCUT2D eigenvalue weighted by molar-refractivity contribution is 5.83. The van der Waals surface area contributed by atoms with Crippen LogP contribution < -0.4 is 16.6 Å². The number of nitrogens with one attached hydrogen (secondary N) is 3. The van der Waals surface area contributed by atoms with E-state index >= 15 is 0 Å². The molecule has 156 valence electrons. The number of hydrogen-bond acceptors (Lipinski definition) is 7. The first-order chi connectivity index (χ1) is 13.0. The van der Waals surface area contributed by atoms with E-state index in [0.29, 0.717) is 0 Å². The standard InChI is InChI=1S/C17H26N4O7/c1-5-27-13(23)10-21(7-6-18-16(26)28-17(2,3)4)12(22)8-11-9-19-15(25)20-14(11)24/h9H,5-8,10H2,1-4H3,(H,18,26)(H2,19,20,24,25). The Kier molecular flexibility index (Phi) is 8.42. The number of aromatic amines is 2. The number of hydrogen-bond donors (Lipinski definition) is 3. The average molecular weight is 398 g/mol. The Balaban J connectivity index is 2.76. The summed E-state index contributed by atoms with van der Waals surface area (Å²) in [6.07, 6.45) is 0.145. The molecule has 0 aromatic carbocycles. The molecule has 0 aliphatic rings. The van der Waals surface area contributed by atoms with Gasteiger partial charge in [0.15, 0.2) is 0 Å². The van der Waals surface area contributed by atoms with Crippen LogP contribution in [0.25, 0.3) is 0 Å². The van der Waals surface area contributed by atoms with Crippen molar-refractivity contribution in [2.24, 2.45) is 0 Å². The van der Waals surface area contributed by atoms with Crippen molar-refractivity contribution in [3.63, 3.8) is 0 Å². The van der Waals surface area contributed by atoms with Crippen molar-refractivity contribution >= 4 is 18.0 Å². The van der Waals surface area contributed by atoms with E-state index in [1.165, 1.54) is 0 Å². The van der Waals surface area contributed by atoms with E-state index in [9.17, 15) is 24.0 Å². The Morgan fingerprint density at radius 2 is 1.89 bits per heavy atom. The number of carbonyl (C=O) groups excluding carboxylic acids is 3. The molecular formula is C17H26N4O7. The van der Waals surface area contributed by atoms with Gasteiger partial charge in [-0.3, -0.25) is 19.4 Å². The van der Waals surface area contributed by atoms with Crippen LogP contribution in [0.5, 0.6) is 0 Å². The van der Waals surface area contributed by atoms with Crippen molar-refractivity contribution in [3.8, 4) is 0 Å². The van der Waals surface area contributed by atoms with Gasteiger partial charge < -0.3 is 24.7 Å². The summed E-state index contributed by atoms with van der Waals surface area (Å²) in [5.41, 5.74) is -2.01. The summed E-state index contributed by atoms with van der Waals surface area (Å²) in [5.74, 6) is -1.17. The molecule has 28 heavy (non-hydrogen) atoms. The molecule has 1 heterocycles. The zero-order valence-corrected chi connectivity index (χ0v) is 16.4. The third kappa shape index (κ3) is 8.52. The lowest BCUT2D eigenvalue weighted by atomic mass is 10.2. The molecule has 0 saturated heterocycles. The van der Waals surface area contributed by atoms with Gasteiger partial charge in [-0.2, -0.15) is 0 Å². The lowest BCUT2D eigenvalue weighted by molar-refractivity contribution is -0.148. The van der Waals surface area contributed by atoms with Gasteiger partial charge in [0.1, 0.15) is 12.1 Å². The van der Waals surface area contributed by atoms with Gasteiger partial charge in [-0.1, -0.05) is 0 Å². The summed E-state index contributed by atoms with van der Waals surface area (Å²) < 4.78 is 9.94. The van der Waals surface area contributed by atoms with Crippen molar-refractivity contribution in [2.45, 2.75) is 39.7 Å². The van der Waals surface area contributed by atoms with E-state index in [4.69, 9.17) is 9.47 Å². The van der Waals surface area contributed by atoms with Gasteiger partial charge in [-0.05, 0) is 27.7 Å². The number of ether oxygens (including phenoxy) is 2. The summed E-state index contributed by atoms with van der Waals surface area (Å²) in [6, 6.07) is 0. The molecule has 0 bridgehead atoms. The topological polar surface area (TPSA) is 151 Å². The number of alkyl carbamates (subject to hydrolysis) is 1. The predicted octanol–water partition coefficient (Wildman–Crippen LogP) is -0.478. The summed E-state index contributed by atoms with van der Waals surface area (Å²) in [6.45, 7) is 6.61. The van der Waals surface area contributed by atoms with Gasteiger partial charge in [0.25, 0.3) is 5.56 Å². The first-order valence-electron chi connectivity index (χ1n) is 8.73. The first-order valence-corrected chi connectivity index (χ1v) is 8.73. The molecule has 0 saturated carbocycles. The highest BCUT2D eigenvalue weighted by Crippen LogP contribution is 2.06. The van der Waals surface area contributed by atoms with Crippen molar-refractivity contribution in [3.05, 3.63) is 32.6 Å². The molecule has 0 aliphatic heterocycles. The minimum atomic E-state index is -0.694. The van der Waals surface area contributed by atoms with Crippen LogP contribution in [-0.2, 0) is 25.5 Å². The second kappa shape index (κ2) is 10.3. The third-order valence-electron chi connectivity index (χ3n) is 3.27. The number of esters is 1. The molecule has 0 unspecified atom stereocenters. The van der Waals surface area contributed by atoms with E-state index in [2.05, 4.69) is 10.3 Å². The molecule has 0 atom stereocenters. The van der Waals surface area contributed by atoms with Gasteiger partial charge in [0.2, 0.25) is 5.91 Å². The van der Waals surface area contributed by atoms with Crippen molar-refractivity contribution in [1.29, 1.82) is 0 Å². The highest BCUT2D eigenvalue weighted by atomic mass is 16.6. The number of carbonyl (C=O) groups is 3. The maximum absolute atomic E-state index is 12.5. The zero-order chi connectivity index (χ0) is 21.3. The number of rotatable bonds is 8. The normalized spacial score (nSPS) is 10.9. The summed E-state index contributed by atoms with van der Waals surface area (Å²) >= 11 is 0. The van der Waals surface area contributed by atoms with E-state index < -0.39 is 34.8 Å². The van der Waals surface area contributed by atoms with Crippen LogP contribution in [-0.4, -0.2) is 64.7 Å². The minimum Gasteiger partial charge on any atom is -0.465 e. The lowest BCUT2D eigenvalue weighted by Crippen LogP contribution is -2.44. The monoisotopic (exact) mass is 398 g/mol. The summed E-state index contributed by atoms with van der Waals surface area (Å²) in [5, 5.41) is 2.49. The number of nitrogens with zero attached hydrogens (tertiary/aromatic N) is 1. The van der Waals surface area contributed by atoms with E-state index in [1.807, 2.05) is 4.98 Å². The number of aromatic nitrogens is 2.